The van der Waals surface area contributed by atoms with Crippen molar-refractivity contribution in [1.29, 1.82) is 0 Å². The second-order valence-corrected chi connectivity index (χ2v) is 6.84. The molecule has 1 aromatic carbocycles. The maximum absolute atomic E-state index is 12.4. The van der Waals surface area contributed by atoms with E-state index in [-0.39, 0.29) is 24.2 Å². The van der Waals surface area contributed by atoms with Gasteiger partial charge in [-0.1, -0.05) is 38.0 Å². The summed E-state index contributed by atoms with van der Waals surface area (Å²) >= 11 is 0. The molecule has 1 saturated carbocycles. The average Bonchev–Trinajstić information content (AvgIpc) is 3.13. The Labute approximate surface area is 158 Å². The number of amides is 1. The van der Waals surface area contributed by atoms with Crippen molar-refractivity contribution >= 4 is 11.9 Å². The molecule has 1 N–H and O–H groups in total. The number of para-hydroxylation sites is 1. The van der Waals surface area contributed by atoms with E-state index in [0.717, 1.165) is 24.9 Å². The van der Waals surface area contributed by atoms with Crippen molar-refractivity contribution in [3.8, 4) is 11.4 Å². The van der Waals surface area contributed by atoms with Gasteiger partial charge in [-0.05, 0) is 30.9 Å². The molecular formula is C20H25N3O4. The van der Waals surface area contributed by atoms with Crippen LogP contribution < -0.4 is 10.1 Å². The van der Waals surface area contributed by atoms with E-state index >= 15 is 0 Å². The summed E-state index contributed by atoms with van der Waals surface area (Å²) in [5.41, 5.74) is 0.832. The van der Waals surface area contributed by atoms with Crippen LogP contribution in [0.15, 0.2) is 36.5 Å². The minimum absolute atomic E-state index is 0.0418. The van der Waals surface area contributed by atoms with E-state index in [4.69, 9.17) is 9.47 Å². The number of carbonyl (C=O) groups excluding carboxylic acids is 2. The zero-order valence-electron chi connectivity index (χ0n) is 15.7. The first kappa shape index (κ1) is 18.9. The Morgan fingerprint density at radius 3 is 2.67 bits per heavy atom. The van der Waals surface area contributed by atoms with Crippen molar-refractivity contribution in [3.05, 3.63) is 42.2 Å². The van der Waals surface area contributed by atoms with E-state index < -0.39 is 5.97 Å². The number of hydrogen-bond acceptors (Lipinski definition) is 5. The Morgan fingerprint density at radius 2 is 1.96 bits per heavy atom. The fourth-order valence-corrected chi connectivity index (χ4v) is 3.34. The molecule has 1 aromatic heterocycles. The third-order valence-corrected chi connectivity index (χ3v) is 4.91. The molecule has 1 amide bonds. The Bertz CT molecular complexity index is 788. The second-order valence-electron chi connectivity index (χ2n) is 6.84. The predicted molar refractivity (Wildman–Crippen MR) is 100.0 cm³/mol. The van der Waals surface area contributed by atoms with Crippen molar-refractivity contribution in [2.45, 2.75) is 38.6 Å². The Kier molecular flexibility index (Phi) is 6.11. The zero-order valence-corrected chi connectivity index (χ0v) is 15.7. The number of aromatic nitrogens is 2. The van der Waals surface area contributed by atoms with Gasteiger partial charge in [0.1, 0.15) is 0 Å². The molecule has 27 heavy (non-hydrogen) atoms. The fraction of sp³-hybridized carbons (Fsp3) is 0.450. The summed E-state index contributed by atoms with van der Waals surface area (Å²) in [6.07, 6.45) is 6.00. The topological polar surface area (TPSA) is 82.5 Å². The van der Waals surface area contributed by atoms with Gasteiger partial charge in [-0.3, -0.25) is 4.79 Å². The molecule has 144 valence electrons. The number of rotatable bonds is 6. The smallest absolute Gasteiger partial charge is 0.363 e. The zero-order chi connectivity index (χ0) is 19.2. The molecule has 0 spiro atoms. The van der Waals surface area contributed by atoms with Crippen molar-refractivity contribution in [2.24, 2.45) is 5.92 Å². The van der Waals surface area contributed by atoms with Crippen LogP contribution in [0.2, 0.25) is 0 Å². The molecule has 0 unspecified atom stereocenters. The number of carbonyl (C=O) groups is 2. The summed E-state index contributed by atoms with van der Waals surface area (Å²) < 4.78 is 11.9. The average molecular weight is 371 g/mol. The number of nitrogens with one attached hydrogen (secondary N) is 1. The summed E-state index contributed by atoms with van der Waals surface area (Å²) in [4.78, 5) is 24.5. The Balaban J connectivity index is 1.60. The van der Waals surface area contributed by atoms with Gasteiger partial charge in [-0.2, -0.15) is 5.10 Å². The maximum atomic E-state index is 12.4. The Morgan fingerprint density at radius 1 is 1.22 bits per heavy atom. The van der Waals surface area contributed by atoms with Crippen LogP contribution >= 0.6 is 0 Å². The number of methoxy groups -OCH3 is 1. The fourth-order valence-electron chi connectivity index (χ4n) is 3.34. The van der Waals surface area contributed by atoms with E-state index in [9.17, 15) is 9.59 Å². The van der Waals surface area contributed by atoms with Gasteiger partial charge in [-0.25, -0.2) is 9.48 Å². The molecule has 7 nitrogen and oxygen atoms in total. The third-order valence-electron chi connectivity index (χ3n) is 4.91. The molecule has 0 saturated heterocycles. The molecule has 1 aliphatic rings. The lowest BCUT2D eigenvalue weighted by atomic mass is 9.86. The lowest BCUT2D eigenvalue weighted by molar-refractivity contribution is -0.125. The highest BCUT2D eigenvalue weighted by Gasteiger charge is 2.24. The van der Waals surface area contributed by atoms with E-state index in [1.54, 1.807) is 10.9 Å². The monoisotopic (exact) mass is 371 g/mol. The summed E-state index contributed by atoms with van der Waals surface area (Å²) in [6.45, 7) is 1.81. The van der Waals surface area contributed by atoms with Gasteiger partial charge >= 0.3 is 5.97 Å². The molecule has 7 heteroatoms. The molecule has 2 atom stereocenters. The van der Waals surface area contributed by atoms with Crippen LogP contribution in [0, 0.1) is 5.92 Å². The predicted octanol–water partition coefficient (Wildman–Crippen LogP) is 2.73. The van der Waals surface area contributed by atoms with Crippen LogP contribution in [0.4, 0.5) is 0 Å². The van der Waals surface area contributed by atoms with Crippen molar-refractivity contribution in [2.75, 3.05) is 13.7 Å². The van der Waals surface area contributed by atoms with Crippen LogP contribution in [-0.2, 0) is 9.53 Å². The quantitative estimate of drug-likeness (QED) is 0.790. The van der Waals surface area contributed by atoms with Crippen LogP contribution in [0.3, 0.4) is 0 Å². The van der Waals surface area contributed by atoms with Crippen molar-refractivity contribution in [1.82, 2.24) is 15.1 Å². The van der Waals surface area contributed by atoms with E-state index in [2.05, 4.69) is 17.3 Å². The van der Waals surface area contributed by atoms with Gasteiger partial charge < -0.3 is 14.8 Å². The molecule has 1 aliphatic carbocycles. The summed E-state index contributed by atoms with van der Waals surface area (Å²) in [5, 5.41) is 7.20. The second kappa shape index (κ2) is 8.70. The molecule has 1 heterocycles. The first-order valence-corrected chi connectivity index (χ1v) is 9.24. The SMILES string of the molecule is COc1cn(-c2ccccc2)nc1C(=O)OCC(=O)N[C@H]1CCCC[C@@H]1C. The van der Waals surface area contributed by atoms with Gasteiger partial charge in [0.25, 0.3) is 5.91 Å². The molecule has 0 radical (unpaired) electrons. The Hall–Kier alpha value is -2.83. The third kappa shape index (κ3) is 4.67. The van der Waals surface area contributed by atoms with Crippen LogP contribution in [0.1, 0.15) is 43.1 Å². The lowest BCUT2D eigenvalue weighted by Gasteiger charge is -2.29. The summed E-state index contributed by atoms with van der Waals surface area (Å²) in [5.74, 6) is -0.234. The van der Waals surface area contributed by atoms with E-state index in [0.29, 0.717) is 11.7 Å². The summed E-state index contributed by atoms with van der Waals surface area (Å²) in [7, 11) is 1.46. The number of esters is 1. The van der Waals surface area contributed by atoms with Crippen molar-refractivity contribution < 1.29 is 19.1 Å². The molecule has 3 rings (SSSR count). The van der Waals surface area contributed by atoms with Gasteiger partial charge in [-0.15, -0.1) is 0 Å². The van der Waals surface area contributed by atoms with E-state index in [1.165, 1.54) is 13.5 Å². The molecule has 2 aromatic rings. The van der Waals surface area contributed by atoms with Gasteiger partial charge in [0.05, 0.1) is 19.0 Å². The van der Waals surface area contributed by atoms with Crippen LogP contribution in [-0.4, -0.2) is 41.4 Å². The van der Waals surface area contributed by atoms with Gasteiger partial charge in [0, 0.05) is 6.04 Å². The van der Waals surface area contributed by atoms with Crippen LogP contribution in [0.25, 0.3) is 5.69 Å². The summed E-state index contributed by atoms with van der Waals surface area (Å²) in [6, 6.07) is 9.51. The van der Waals surface area contributed by atoms with Crippen molar-refractivity contribution in [3.63, 3.8) is 0 Å². The number of nitrogens with zero attached hydrogens (tertiary/aromatic N) is 2. The van der Waals surface area contributed by atoms with Crippen LogP contribution in [0.5, 0.6) is 5.75 Å². The molecule has 0 bridgehead atoms. The minimum atomic E-state index is -0.687. The maximum Gasteiger partial charge on any atom is 0.363 e. The molecule has 0 aliphatic heterocycles. The number of benzene rings is 1. The minimum Gasteiger partial charge on any atom is -0.493 e. The molecular weight excluding hydrogens is 346 g/mol. The highest BCUT2D eigenvalue weighted by molar-refractivity contribution is 5.92. The highest BCUT2D eigenvalue weighted by atomic mass is 16.5. The normalized spacial score (nSPS) is 19.3. The van der Waals surface area contributed by atoms with E-state index in [1.807, 2.05) is 30.3 Å². The largest absolute Gasteiger partial charge is 0.493 e. The first-order chi connectivity index (χ1) is 13.1. The number of ether oxygens (including phenoxy) is 2. The lowest BCUT2D eigenvalue weighted by Crippen LogP contribution is -2.42. The molecule has 1 fully saturated rings. The van der Waals surface area contributed by atoms with Gasteiger partial charge in [0.2, 0.25) is 5.69 Å². The first-order valence-electron chi connectivity index (χ1n) is 9.24. The number of hydrogen-bond donors (Lipinski definition) is 1. The standard InChI is InChI=1S/C20H25N3O4/c1-14-8-6-7-11-16(14)21-18(24)13-27-20(25)19-17(26-2)12-23(22-19)15-9-4-3-5-10-15/h3-5,9-10,12,14,16H,6-8,11,13H2,1-2H3,(H,21,24)/t14-,16-/m0/s1. The highest BCUT2D eigenvalue weighted by Crippen LogP contribution is 2.24. The van der Waals surface area contributed by atoms with Gasteiger partial charge in [0.15, 0.2) is 12.4 Å².